The minimum atomic E-state index is -0.329. The molecule has 2 rings (SSSR count). The summed E-state index contributed by atoms with van der Waals surface area (Å²) in [6.07, 6.45) is 1.55. The first-order valence-corrected chi connectivity index (χ1v) is 5.57. The van der Waals surface area contributed by atoms with Crippen molar-refractivity contribution in [2.45, 2.75) is 0 Å². The molecular weight excluding hydrogens is 252 g/mol. The van der Waals surface area contributed by atoms with E-state index >= 15 is 0 Å². The van der Waals surface area contributed by atoms with E-state index in [0.717, 1.165) is 0 Å². The number of nitrogen functional groups attached to an aromatic ring is 1. The number of nitrogens with zero attached hydrogens (tertiary/aromatic N) is 1. The van der Waals surface area contributed by atoms with Gasteiger partial charge in [0.25, 0.3) is 5.91 Å². The predicted molar refractivity (Wildman–Crippen MR) is 71.5 cm³/mol. The molecule has 0 aliphatic carbocycles. The van der Waals surface area contributed by atoms with Crippen LogP contribution in [0.3, 0.4) is 0 Å². The van der Waals surface area contributed by atoms with E-state index in [1.54, 1.807) is 42.6 Å². The smallest absolute Gasteiger partial charge is 0.259 e. The van der Waals surface area contributed by atoms with Crippen LogP contribution in [0, 0.1) is 0 Å². The van der Waals surface area contributed by atoms with Crippen LogP contribution >= 0.6 is 11.6 Å². The van der Waals surface area contributed by atoms with Crippen LogP contribution in [0.2, 0.25) is 5.02 Å². The normalized spacial score (nSPS) is 9.89. The molecule has 0 aliphatic rings. The molecule has 6 heteroatoms. The van der Waals surface area contributed by atoms with Gasteiger partial charge in [0.05, 0.1) is 16.3 Å². The highest BCUT2D eigenvalue weighted by atomic mass is 35.5. The maximum absolute atomic E-state index is 12.0. The lowest BCUT2D eigenvalue weighted by atomic mass is 10.1. The van der Waals surface area contributed by atoms with Crippen molar-refractivity contribution < 1.29 is 4.79 Å². The van der Waals surface area contributed by atoms with Crippen LogP contribution in [0.25, 0.3) is 0 Å². The highest BCUT2D eigenvalue weighted by molar-refractivity contribution is 6.33. The number of pyridine rings is 1. The number of benzene rings is 1. The Morgan fingerprint density at radius 1 is 1.22 bits per heavy atom. The van der Waals surface area contributed by atoms with E-state index in [-0.39, 0.29) is 5.91 Å². The Balaban J connectivity index is 2.25. The summed E-state index contributed by atoms with van der Waals surface area (Å²) in [5.41, 5.74) is 3.41. The largest absolute Gasteiger partial charge is 0.323 e. The molecule has 0 bridgehead atoms. The summed E-state index contributed by atoms with van der Waals surface area (Å²) >= 11 is 5.91. The van der Waals surface area contributed by atoms with Crippen LogP contribution in [0.15, 0.2) is 42.6 Å². The third-order valence-corrected chi connectivity index (χ3v) is 2.62. The van der Waals surface area contributed by atoms with Crippen LogP contribution in [0.5, 0.6) is 0 Å². The van der Waals surface area contributed by atoms with E-state index in [0.29, 0.717) is 22.1 Å². The maximum atomic E-state index is 12.0. The van der Waals surface area contributed by atoms with E-state index in [2.05, 4.69) is 15.7 Å². The Bertz CT molecular complexity index is 574. The Morgan fingerprint density at radius 2 is 2.00 bits per heavy atom. The Hall–Kier alpha value is -2.11. The molecule has 0 spiro atoms. The Kier molecular flexibility index (Phi) is 3.76. The fourth-order valence-corrected chi connectivity index (χ4v) is 1.63. The van der Waals surface area contributed by atoms with Crippen LogP contribution in [0.1, 0.15) is 10.4 Å². The summed E-state index contributed by atoms with van der Waals surface area (Å²) < 4.78 is 0. The summed E-state index contributed by atoms with van der Waals surface area (Å²) in [4.78, 5) is 16.0. The Morgan fingerprint density at radius 3 is 2.72 bits per heavy atom. The fourth-order valence-electron chi connectivity index (χ4n) is 1.46. The molecule has 0 radical (unpaired) electrons. The summed E-state index contributed by atoms with van der Waals surface area (Å²) in [6.45, 7) is 0. The number of anilines is 2. The molecule has 0 saturated carbocycles. The van der Waals surface area contributed by atoms with Crippen LogP contribution in [-0.4, -0.2) is 10.9 Å². The molecule has 1 aromatic carbocycles. The van der Waals surface area contributed by atoms with Crippen molar-refractivity contribution in [3.8, 4) is 0 Å². The van der Waals surface area contributed by atoms with Crippen molar-refractivity contribution in [3.05, 3.63) is 53.2 Å². The summed E-state index contributed by atoms with van der Waals surface area (Å²) in [5.74, 6) is 5.33. The second-order valence-electron chi connectivity index (χ2n) is 3.48. The number of hydrogen-bond acceptors (Lipinski definition) is 4. The molecule has 0 saturated heterocycles. The van der Waals surface area contributed by atoms with Gasteiger partial charge in [-0.3, -0.25) is 10.6 Å². The van der Waals surface area contributed by atoms with Crippen molar-refractivity contribution in [2.24, 2.45) is 5.84 Å². The molecule has 1 heterocycles. The van der Waals surface area contributed by atoms with Gasteiger partial charge in [0, 0.05) is 6.20 Å². The zero-order chi connectivity index (χ0) is 13.0. The quantitative estimate of drug-likeness (QED) is 0.586. The van der Waals surface area contributed by atoms with Gasteiger partial charge < -0.3 is 10.7 Å². The first-order valence-electron chi connectivity index (χ1n) is 5.20. The molecule has 18 heavy (non-hydrogen) atoms. The van der Waals surface area contributed by atoms with Crippen molar-refractivity contribution in [3.63, 3.8) is 0 Å². The molecular formula is C12H11ClN4O. The number of rotatable bonds is 3. The third kappa shape index (κ3) is 2.58. The molecule has 0 unspecified atom stereocenters. The molecule has 1 aromatic heterocycles. The SMILES string of the molecule is NNc1ccccc1C(=O)Nc1ncccc1Cl. The minimum absolute atomic E-state index is 0.316. The number of halogens is 1. The summed E-state index contributed by atoms with van der Waals surface area (Å²) in [6, 6.07) is 10.2. The first kappa shape index (κ1) is 12.3. The molecule has 5 nitrogen and oxygen atoms in total. The van der Waals surface area contributed by atoms with Crippen LogP contribution in [0.4, 0.5) is 11.5 Å². The van der Waals surface area contributed by atoms with Gasteiger partial charge in [0.15, 0.2) is 5.82 Å². The molecule has 0 fully saturated rings. The van der Waals surface area contributed by atoms with Crippen molar-refractivity contribution in [1.82, 2.24) is 4.98 Å². The third-order valence-electron chi connectivity index (χ3n) is 2.32. The summed E-state index contributed by atoms with van der Waals surface area (Å²) in [5, 5.41) is 3.00. The van der Waals surface area contributed by atoms with Crippen LogP contribution < -0.4 is 16.6 Å². The van der Waals surface area contributed by atoms with Gasteiger partial charge in [-0.15, -0.1) is 0 Å². The number of nitrogens with two attached hydrogens (primary N) is 1. The minimum Gasteiger partial charge on any atom is -0.323 e. The molecule has 0 atom stereocenters. The van der Waals surface area contributed by atoms with Gasteiger partial charge >= 0.3 is 0 Å². The Labute approximate surface area is 109 Å². The van der Waals surface area contributed by atoms with Gasteiger partial charge in [-0.25, -0.2) is 4.98 Å². The molecule has 92 valence electrons. The maximum Gasteiger partial charge on any atom is 0.259 e. The van der Waals surface area contributed by atoms with Crippen molar-refractivity contribution >= 4 is 29.0 Å². The number of carbonyl (C=O) groups is 1. The topological polar surface area (TPSA) is 80.0 Å². The number of carbonyl (C=O) groups excluding carboxylic acids is 1. The van der Waals surface area contributed by atoms with E-state index in [1.807, 2.05) is 0 Å². The zero-order valence-electron chi connectivity index (χ0n) is 9.35. The summed E-state index contributed by atoms with van der Waals surface area (Å²) in [7, 11) is 0. The highest BCUT2D eigenvalue weighted by Gasteiger charge is 2.12. The lowest BCUT2D eigenvalue weighted by Crippen LogP contribution is -2.17. The van der Waals surface area contributed by atoms with Gasteiger partial charge in [0.1, 0.15) is 0 Å². The second-order valence-corrected chi connectivity index (χ2v) is 3.89. The van der Waals surface area contributed by atoms with Gasteiger partial charge in [0.2, 0.25) is 0 Å². The number of aromatic nitrogens is 1. The fraction of sp³-hybridized carbons (Fsp3) is 0. The van der Waals surface area contributed by atoms with Gasteiger partial charge in [-0.05, 0) is 24.3 Å². The standard InChI is InChI=1S/C12H11ClN4O/c13-9-5-3-7-15-11(9)16-12(18)8-4-1-2-6-10(8)17-14/h1-7,17H,14H2,(H,15,16,18). The molecule has 0 aliphatic heterocycles. The highest BCUT2D eigenvalue weighted by Crippen LogP contribution is 2.20. The van der Waals surface area contributed by atoms with Crippen molar-refractivity contribution in [2.75, 3.05) is 10.7 Å². The average molecular weight is 263 g/mol. The predicted octanol–water partition coefficient (Wildman–Crippen LogP) is 2.27. The second kappa shape index (κ2) is 5.48. The molecule has 1 amide bonds. The lowest BCUT2D eigenvalue weighted by Gasteiger charge is -2.09. The number of hydrazine groups is 1. The molecule has 2 aromatic rings. The van der Waals surface area contributed by atoms with E-state index in [4.69, 9.17) is 17.4 Å². The van der Waals surface area contributed by atoms with Gasteiger partial charge in [-0.2, -0.15) is 0 Å². The number of hydrogen-bond donors (Lipinski definition) is 3. The van der Waals surface area contributed by atoms with Crippen molar-refractivity contribution in [1.29, 1.82) is 0 Å². The first-order chi connectivity index (χ1) is 8.72. The van der Waals surface area contributed by atoms with E-state index in [9.17, 15) is 4.79 Å². The number of amides is 1. The number of nitrogens with one attached hydrogen (secondary N) is 2. The lowest BCUT2D eigenvalue weighted by molar-refractivity contribution is 0.102. The van der Waals surface area contributed by atoms with E-state index in [1.165, 1.54) is 0 Å². The number of para-hydroxylation sites is 1. The monoisotopic (exact) mass is 262 g/mol. The zero-order valence-corrected chi connectivity index (χ0v) is 10.1. The average Bonchev–Trinajstić information content (AvgIpc) is 2.41. The van der Waals surface area contributed by atoms with Crippen LogP contribution in [-0.2, 0) is 0 Å². The van der Waals surface area contributed by atoms with Gasteiger partial charge in [-0.1, -0.05) is 23.7 Å². The molecule has 4 N–H and O–H groups in total. The van der Waals surface area contributed by atoms with E-state index < -0.39 is 0 Å².